The molecule has 0 unspecified atom stereocenters. The minimum absolute atomic E-state index is 0.278. The molecule has 0 saturated carbocycles. The number of anilines is 1. The molecular formula is C22H21Cl2N3O3S. The van der Waals surface area contributed by atoms with Crippen molar-refractivity contribution in [2.75, 3.05) is 11.9 Å². The number of esters is 1. The molecule has 0 aliphatic heterocycles. The highest BCUT2D eigenvalue weighted by molar-refractivity contribution is 7.17. The third-order valence-electron chi connectivity index (χ3n) is 5.08. The highest BCUT2D eigenvalue weighted by Gasteiger charge is 2.28. The Hall–Kier alpha value is -2.35. The number of fused-ring (bicyclic) bond motifs is 1. The van der Waals surface area contributed by atoms with Gasteiger partial charge in [0.25, 0.3) is 5.91 Å². The molecule has 1 amide bonds. The van der Waals surface area contributed by atoms with Gasteiger partial charge < -0.3 is 10.1 Å². The summed E-state index contributed by atoms with van der Waals surface area (Å²) in [7, 11) is 0. The van der Waals surface area contributed by atoms with Crippen molar-refractivity contribution in [2.45, 2.75) is 39.0 Å². The zero-order valence-corrected chi connectivity index (χ0v) is 19.2. The molecule has 0 fully saturated rings. The summed E-state index contributed by atoms with van der Waals surface area (Å²) in [5.41, 5.74) is 3.08. The summed E-state index contributed by atoms with van der Waals surface area (Å²) in [5.74, 6) is -0.750. The molecule has 0 spiro atoms. The van der Waals surface area contributed by atoms with E-state index in [-0.39, 0.29) is 17.6 Å². The van der Waals surface area contributed by atoms with E-state index in [0.29, 0.717) is 32.9 Å². The van der Waals surface area contributed by atoms with Crippen LogP contribution >= 0.6 is 34.5 Å². The molecule has 4 rings (SSSR count). The number of carbonyl (C=O) groups is 2. The first-order chi connectivity index (χ1) is 15.0. The highest BCUT2D eigenvalue weighted by Crippen LogP contribution is 2.39. The van der Waals surface area contributed by atoms with Gasteiger partial charge in [0.05, 0.1) is 27.9 Å². The number of nitrogens with one attached hydrogen (secondary N) is 2. The summed E-state index contributed by atoms with van der Waals surface area (Å²) in [5, 5.41) is 11.2. The first kappa shape index (κ1) is 21.9. The van der Waals surface area contributed by atoms with Gasteiger partial charge in [0.1, 0.15) is 10.7 Å². The van der Waals surface area contributed by atoms with Gasteiger partial charge in [0.2, 0.25) is 0 Å². The molecule has 6 nitrogen and oxygen atoms in total. The fraction of sp³-hybridized carbons (Fsp3) is 0.318. The number of hydrogen-bond donors (Lipinski definition) is 2. The lowest BCUT2D eigenvalue weighted by molar-refractivity contribution is 0.0505. The Labute approximate surface area is 193 Å². The molecule has 2 N–H and O–H groups in total. The molecule has 0 radical (unpaired) electrons. The van der Waals surface area contributed by atoms with Crippen LogP contribution in [-0.4, -0.2) is 28.7 Å². The summed E-state index contributed by atoms with van der Waals surface area (Å²) in [6.07, 6.45) is 4.58. The van der Waals surface area contributed by atoms with E-state index in [2.05, 4.69) is 15.5 Å². The van der Waals surface area contributed by atoms with E-state index in [1.807, 2.05) is 6.92 Å². The molecule has 1 aliphatic rings. The van der Waals surface area contributed by atoms with Crippen LogP contribution in [0.2, 0.25) is 10.0 Å². The standard InChI is InChI=1S/C22H21Cl2N3O3S/c1-2-9-30-22(29)19-13-5-3-4-6-18(13)31-21(19)25-20(28)17-11-16(26-27-17)12-7-8-14(23)15(24)10-12/h7-8,10-11H,2-6,9H2,1H3,(H,25,28)(H,26,27). The third kappa shape index (κ3) is 4.63. The quantitative estimate of drug-likeness (QED) is 0.417. The maximum atomic E-state index is 12.9. The second-order valence-electron chi connectivity index (χ2n) is 7.30. The average molecular weight is 478 g/mol. The van der Waals surface area contributed by atoms with Gasteiger partial charge in [-0.05, 0) is 55.9 Å². The van der Waals surface area contributed by atoms with Gasteiger partial charge in [0.15, 0.2) is 0 Å². The molecule has 2 heterocycles. The Kier molecular flexibility index (Phi) is 6.65. The molecule has 9 heteroatoms. The number of ether oxygens (including phenoxy) is 1. The van der Waals surface area contributed by atoms with Crippen LogP contribution in [0.3, 0.4) is 0 Å². The highest BCUT2D eigenvalue weighted by atomic mass is 35.5. The van der Waals surface area contributed by atoms with Crippen LogP contribution in [0.5, 0.6) is 0 Å². The number of benzene rings is 1. The van der Waals surface area contributed by atoms with Crippen LogP contribution in [0.1, 0.15) is 57.5 Å². The van der Waals surface area contributed by atoms with Crippen LogP contribution < -0.4 is 5.32 Å². The van der Waals surface area contributed by atoms with E-state index in [1.54, 1.807) is 24.3 Å². The number of amides is 1. The minimum atomic E-state index is -0.377. The summed E-state index contributed by atoms with van der Waals surface area (Å²) in [6, 6.07) is 6.79. The molecule has 31 heavy (non-hydrogen) atoms. The maximum absolute atomic E-state index is 12.9. The van der Waals surface area contributed by atoms with Gasteiger partial charge in [-0.3, -0.25) is 9.89 Å². The second kappa shape index (κ2) is 9.42. The van der Waals surface area contributed by atoms with Crippen LogP contribution in [-0.2, 0) is 17.6 Å². The normalized spacial score (nSPS) is 13.0. The molecule has 1 aliphatic carbocycles. The number of halogens is 2. The van der Waals surface area contributed by atoms with E-state index >= 15 is 0 Å². The summed E-state index contributed by atoms with van der Waals surface area (Å²) in [6.45, 7) is 2.30. The number of aromatic amines is 1. The van der Waals surface area contributed by atoms with Crippen LogP contribution in [0.15, 0.2) is 24.3 Å². The van der Waals surface area contributed by atoms with E-state index in [0.717, 1.165) is 48.1 Å². The number of carbonyl (C=O) groups excluding carboxylic acids is 2. The van der Waals surface area contributed by atoms with Crippen molar-refractivity contribution in [3.63, 3.8) is 0 Å². The molecule has 162 valence electrons. The Morgan fingerprint density at radius 1 is 1.19 bits per heavy atom. The Balaban J connectivity index is 1.59. The van der Waals surface area contributed by atoms with Gasteiger partial charge in [-0.15, -0.1) is 11.3 Å². The minimum Gasteiger partial charge on any atom is -0.462 e. The van der Waals surface area contributed by atoms with Crippen LogP contribution in [0, 0.1) is 0 Å². The van der Waals surface area contributed by atoms with Crippen molar-refractivity contribution in [3.8, 4) is 11.3 Å². The number of aryl methyl sites for hydroxylation is 1. The van der Waals surface area contributed by atoms with Crippen molar-refractivity contribution in [1.29, 1.82) is 0 Å². The number of rotatable bonds is 6. The Morgan fingerprint density at radius 2 is 2.00 bits per heavy atom. The van der Waals surface area contributed by atoms with Crippen molar-refractivity contribution in [2.24, 2.45) is 0 Å². The van der Waals surface area contributed by atoms with E-state index in [4.69, 9.17) is 27.9 Å². The Bertz CT molecular complexity index is 1140. The third-order valence-corrected chi connectivity index (χ3v) is 7.02. The van der Waals surface area contributed by atoms with Gasteiger partial charge in [-0.2, -0.15) is 5.10 Å². The van der Waals surface area contributed by atoms with E-state index in [1.165, 1.54) is 11.3 Å². The summed E-state index contributed by atoms with van der Waals surface area (Å²) < 4.78 is 5.39. The Morgan fingerprint density at radius 3 is 2.77 bits per heavy atom. The lowest BCUT2D eigenvalue weighted by Crippen LogP contribution is -2.16. The van der Waals surface area contributed by atoms with Crippen molar-refractivity contribution in [3.05, 3.63) is 56.0 Å². The fourth-order valence-electron chi connectivity index (χ4n) is 3.55. The van der Waals surface area contributed by atoms with Gasteiger partial charge in [0, 0.05) is 10.4 Å². The SMILES string of the molecule is CCCOC(=O)c1c(NC(=O)c2cc(-c3ccc(Cl)c(Cl)c3)n[nH]2)sc2c1CCCC2. The molecule has 0 bridgehead atoms. The zero-order valence-electron chi connectivity index (χ0n) is 16.9. The van der Waals surface area contributed by atoms with Crippen molar-refractivity contribution >= 4 is 51.4 Å². The smallest absolute Gasteiger partial charge is 0.341 e. The largest absolute Gasteiger partial charge is 0.462 e. The van der Waals surface area contributed by atoms with Gasteiger partial charge in [-0.25, -0.2) is 4.79 Å². The first-order valence-electron chi connectivity index (χ1n) is 10.1. The number of H-pyrrole nitrogens is 1. The lowest BCUT2D eigenvalue weighted by Gasteiger charge is -2.12. The van der Waals surface area contributed by atoms with Gasteiger partial charge in [-0.1, -0.05) is 36.2 Å². The van der Waals surface area contributed by atoms with Crippen molar-refractivity contribution < 1.29 is 14.3 Å². The lowest BCUT2D eigenvalue weighted by atomic mass is 9.95. The topological polar surface area (TPSA) is 84.1 Å². The molecular weight excluding hydrogens is 457 g/mol. The van der Waals surface area contributed by atoms with Crippen molar-refractivity contribution in [1.82, 2.24) is 10.2 Å². The monoisotopic (exact) mass is 477 g/mol. The molecule has 0 atom stereocenters. The number of thiophene rings is 1. The van der Waals surface area contributed by atoms with E-state index in [9.17, 15) is 9.59 Å². The molecule has 1 aromatic carbocycles. The van der Waals surface area contributed by atoms with Crippen LogP contribution in [0.25, 0.3) is 11.3 Å². The second-order valence-corrected chi connectivity index (χ2v) is 9.22. The van der Waals surface area contributed by atoms with E-state index < -0.39 is 0 Å². The van der Waals surface area contributed by atoms with Gasteiger partial charge >= 0.3 is 5.97 Å². The number of nitrogens with zero attached hydrogens (tertiary/aromatic N) is 1. The predicted octanol–water partition coefficient (Wildman–Crippen LogP) is 6.14. The number of hydrogen-bond acceptors (Lipinski definition) is 5. The molecule has 2 aromatic heterocycles. The fourth-order valence-corrected chi connectivity index (χ4v) is 5.12. The first-order valence-corrected chi connectivity index (χ1v) is 11.7. The zero-order chi connectivity index (χ0) is 22.0. The molecule has 0 saturated heterocycles. The summed E-state index contributed by atoms with van der Waals surface area (Å²) in [4.78, 5) is 26.8. The summed E-state index contributed by atoms with van der Waals surface area (Å²) >= 11 is 13.5. The average Bonchev–Trinajstić information content (AvgIpc) is 3.39. The van der Waals surface area contributed by atoms with Crippen LogP contribution in [0.4, 0.5) is 5.00 Å². The predicted molar refractivity (Wildman–Crippen MR) is 124 cm³/mol. The maximum Gasteiger partial charge on any atom is 0.341 e. The number of aromatic nitrogens is 2. The molecule has 3 aromatic rings.